The van der Waals surface area contributed by atoms with Crippen LogP contribution < -0.4 is 15.0 Å². The van der Waals surface area contributed by atoms with E-state index in [2.05, 4.69) is 10.1 Å². The molecule has 0 radical (unpaired) electrons. The number of carbonyl (C=O) groups excluding carboxylic acids is 1. The van der Waals surface area contributed by atoms with Gasteiger partial charge >= 0.3 is 0 Å². The third-order valence-electron chi connectivity index (χ3n) is 6.15. The summed E-state index contributed by atoms with van der Waals surface area (Å²) in [4.78, 5) is 33.8. The molecule has 7 heteroatoms. The van der Waals surface area contributed by atoms with E-state index in [9.17, 15) is 9.59 Å². The molecule has 0 bridgehead atoms. The van der Waals surface area contributed by atoms with Gasteiger partial charge in [0, 0.05) is 11.1 Å². The molecule has 5 aromatic rings. The fraction of sp³-hybridized carbons (Fsp3) is 0.111. The van der Waals surface area contributed by atoms with Gasteiger partial charge < -0.3 is 4.90 Å². The maximum absolute atomic E-state index is 13.6. The van der Waals surface area contributed by atoms with Gasteiger partial charge in [-0.15, -0.1) is 5.10 Å². The summed E-state index contributed by atoms with van der Waals surface area (Å²) in [6.07, 6.45) is 0. The number of anilines is 1. The van der Waals surface area contributed by atoms with Crippen molar-refractivity contribution in [2.75, 3.05) is 4.90 Å². The van der Waals surface area contributed by atoms with Gasteiger partial charge in [0.15, 0.2) is 5.82 Å². The number of thiazole rings is 1. The van der Waals surface area contributed by atoms with Crippen LogP contribution in [0.25, 0.3) is 21.9 Å². The van der Waals surface area contributed by atoms with Crippen LogP contribution in [0.1, 0.15) is 22.3 Å². The number of amides is 1. The summed E-state index contributed by atoms with van der Waals surface area (Å²) in [6, 6.07) is 23.5. The lowest BCUT2D eigenvalue weighted by atomic mass is 10.1. The molecule has 0 N–H and O–H groups in total. The largest absolute Gasteiger partial charge is 0.303 e. The summed E-state index contributed by atoms with van der Waals surface area (Å²) in [7, 11) is 0. The standard InChI is InChI=1S/C27H20N4O2S/c1-16-11-13-18(14-12-16)15-30-21-10-6-5-9-20(21)22(25(30)32)23-26(33)31-27(34-23)28-24(29-31)19-8-4-3-7-17(19)2/h3-14H,15H2,1-2H3/b23-22-. The van der Waals surface area contributed by atoms with Crippen molar-refractivity contribution in [3.05, 3.63) is 110 Å². The van der Waals surface area contributed by atoms with Crippen molar-refractivity contribution in [2.24, 2.45) is 0 Å². The minimum atomic E-state index is -0.317. The van der Waals surface area contributed by atoms with Crippen LogP contribution in [0.5, 0.6) is 0 Å². The fourth-order valence-corrected chi connectivity index (χ4v) is 5.35. The number of nitrogens with zero attached hydrogens (tertiary/aromatic N) is 4. The molecule has 0 spiro atoms. The Morgan fingerprint density at radius 2 is 1.56 bits per heavy atom. The van der Waals surface area contributed by atoms with Gasteiger partial charge in [-0.1, -0.05) is 83.6 Å². The van der Waals surface area contributed by atoms with E-state index in [0.717, 1.165) is 27.9 Å². The average molecular weight is 465 g/mol. The van der Waals surface area contributed by atoms with Crippen molar-refractivity contribution in [1.82, 2.24) is 14.6 Å². The molecule has 34 heavy (non-hydrogen) atoms. The summed E-state index contributed by atoms with van der Waals surface area (Å²) in [5, 5.41) is 4.48. The van der Waals surface area contributed by atoms with Crippen molar-refractivity contribution >= 4 is 33.5 Å². The molecule has 1 amide bonds. The molecule has 0 fully saturated rings. The van der Waals surface area contributed by atoms with E-state index in [1.54, 1.807) is 4.90 Å². The van der Waals surface area contributed by atoms with Crippen LogP contribution in [-0.4, -0.2) is 20.5 Å². The Balaban J connectivity index is 1.50. The van der Waals surface area contributed by atoms with E-state index in [4.69, 9.17) is 0 Å². The summed E-state index contributed by atoms with van der Waals surface area (Å²) >= 11 is 1.21. The Labute approximate surface area is 199 Å². The monoisotopic (exact) mass is 464 g/mol. The molecular formula is C27H20N4O2S. The Bertz CT molecular complexity index is 1700. The van der Waals surface area contributed by atoms with Crippen LogP contribution in [0.15, 0.2) is 77.6 Å². The van der Waals surface area contributed by atoms with Crippen LogP contribution in [0.3, 0.4) is 0 Å². The predicted octanol–water partition coefficient (Wildman–Crippen LogP) is 3.90. The van der Waals surface area contributed by atoms with Crippen molar-refractivity contribution in [3.63, 3.8) is 0 Å². The van der Waals surface area contributed by atoms with Crippen LogP contribution in [0.2, 0.25) is 0 Å². The smallest absolute Gasteiger partial charge is 0.291 e. The molecular weight excluding hydrogens is 444 g/mol. The number of aryl methyl sites for hydroxylation is 2. The number of aromatic nitrogens is 3. The molecule has 1 aliphatic heterocycles. The lowest BCUT2D eigenvalue weighted by molar-refractivity contribution is -0.113. The van der Waals surface area contributed by atoms with E-state index in [1.807, 2.05) is 86.6 Å². The molecule has 0 atom stereocenters. The Morgan fingerprint density at radius 3 is 2.29 bits per heavy atom. The van der Waals surface area contributed by atoms with E-state index in [-0.39, 0.29) is 11.5 Å². The first-order chi connectivity index (χ1) is 16.5. The van der Waals surface area contributed by atoms with Crippen molar-refractivity contribution in [2.45, 2.75) is 20.4 Å². The van der Waals surface area contributed by atoms with Crippen LogP contribution in [0.4, 0.5) is 5.69 Å². The van der Waals surface area contributed by atoms with Crippen molar-refractivity contribution in [3.8, 4) is 11.4 Å². The normalized spacial score (nSPS) is 14.8. The highest BCUT2D eigenvalue weighted by Crippen LogP contribution is 2.36. The lowest BCUT2D eigenvalue weighted by Gasteiger charge is -2.17. The maximum atomic E-state index is 13.6. The molecule has 6 nitrogen and oxygen atoms in total. The fourth-order valence-electron chi connectivity index (χ4n) is 4.36. The second-order valence-corrected chi connectivity index (χ2v) is 9.43. The summed E-state index contributed by atoms with van der Waals surface area (Å²) in [5.74, 6) is 0.333. The van der Waals surface area contributed by atoms with Gasteiger partial charge in [-0.3, -0.25) is 9.59 Å². The van der Waals surface area contributed by atoms with E-state index in [0.29, 0.717) is 27.4 Å². The Morgan fingerprint density at radius 1 is 0.853 bits per heavy atom. The van der Waals surface area contributed by atoms with Gasteiger partial charge in [0.25, 0.3) is 11.5 Å². The molecule has 3 heterocycles. The number of hydrogen-bond donors (Lipinski definition) is 0. The number of para-hydroxylation sites is 1. The average Bonchev–Trinajstić information content (AvgIpc) is 3.47. The first kappa shape index (κ1) is 20.5. The summed E-state index contributed by atoms with van der Waals surface area (Å²) < 4.78 is 1.68. The third kappa shape index (κ3) is 3.16. The van der Waals surface area contributed by atoms with Gasteiger partial charge in [0.05, 0.1) is 17.8 Å². The first-order valence-corrected chi connectivity index (χ1v) is 11.8. The number of carbonyl (C=O) groups is 1. The minimum Gasteiger partial charge on any atom is -0.303 e. The lowest BCUT2D eigenvalue weighted by Crippen LogP contribution is -2.32. The molecule has 0 unspecified atom stereocenters. The minimum absolute atomic E-state index is 0.178. The SMILES string of the molecule is Cc1ccc(CN2C(=O)/C(=c3\sc4nc(-c5ccccc5C)nn4c3=O)c3ccccc32)cc1. The van der Waals surface area contributed by atoms with E-state index < -0.39 is 0 Å². The van der Waals surface area contributed by atoms with Gasteiger partial charge in [-0.2, -0.15) is 9.50 Å². The zero-order valence-electron chi connectivity index (χ0n) is 18.6. The highest BCUT2D eigenvalue weighted by Gasteiger charge is 2.34. The molecule has 1 aliphatic rings. The third-order valence-corrected chi connectivity index (χ3v) is 7.18. The Kier molecular flexibility index (Phi) is 4.67. The highest BCUT2D eigenvalue weighted by atomic mass is 32.1. The second-order valence-electron chi connectivity index (χ2n) is 8.45. The van der Waals surface area contributed by atoms with Gasteiger partial charge in [0.2, 0.25) is 4.96 Å². The van der Waals surface area contributed by atoms with Crippen molar-refractivity contribution in [1.29, 1.82) is 0 Å². The van der Waals surface area contributed by atoms with E-state index in [1.165, 1.54) is 21.4 Å². The van der Waals surface area contributed by atoms with E-state index >= 15 is 0 Å². The van der Waals surface area contributed by atoms with Crippen LogP contribution in [-0.2, 0) is 11.3 Å². The quantitative estimate of drug-likeness (QED) is 0.406. The molecule has 2 aromatic heterocycles. The molecule has 6 rings (SSSR count). The van der Waals surface area contributed by atoms with Crippen LogP contribution in [0, 0.1) is 13.8 Å². The highest BCUT2D eigenvalue weighted by molar-refractivity contribution is 7.15. The topological polar surface area (TPSA) is 67.6 Å². The second kappa shape index (κ2) is 7.74. The summed E-state index contributed by atoms with van der Waals surface area (Å²) in [6.45, 7) is 4.46. The number of rotatable bonds is 3. The maximum Gasteiger partial charge on any atom is 0.291 e. The number of benzene rings is 3. The molecule has 3 aromatic carbocycles. The van der Waals surface area contributed by atoms with Gasteiger partial charge in [-0.05, 0) is 31.0 Å². The van der Waals surface area contributed by atoms with Gasteiger partial charge in [-0.25, -0.2) is 0 Å². The molecule has 0 aliphatic carbocycles. The first-order valence-electron chi connectivity index (χ1n) is 11.0. The summed E-state index contributed by atoms with van der Waals surface area (Å²) in [5.41, 5.74) is 5.79. The zero-order chi connectivity index (χ0) is 23.4. The predicted molar refractivity (Wildman–Crippen MR) is 134 cm³/mol. The zero-order valence-corrected chi connectivity index (χ0v) is 19.5. The van der Waals surface area contributed by atoms with Crippen LogP contribution >= 0.6 is 11.3 Å². The molecule has 0 saturated carbocycles. The number of fused-ring (bicyclic) bond motifs is 2. The number of hydrogen-bond acceptors (Lipinski definition) is 5. The Hall–Kier alpha value is -4.10. The van der Waals surface area contributed by atoms with Crippen molar-refractivity contribution < 1.29 is 4.79 Å². The molecule has 166 valence electrons. The van der Waals surface area contributed by atoms with Gasteiger partial charge in [0.1, 0.15) is 4.53 Å². The molecule has 0 saturated heterocycles.